The van der Waals surface area contributed by atoms with E-state index in [9.17, 15) is 30.3 Å². The third kappa shape index (κ3) is 8.91. The van der Waals surface area contributed by atoms with Gasteiger partial charge in [0.25, 0.3) is 0 Å². The van der Waals surface area contributed by atoms with Crippen LogP contribution in [0.25, 0.3) is 0 Å². The number of halogens is 6. The van der Waals surface area contributed by atoms with Crippen molar-refractivity contribution in [3.05, 3.63) is 70.8 Å². The Morgan fingerprint density at radius 2 is 1.29 bits per heavy atom. The second-order valence-electron chi connectivity index (χ2n) is 9.73. The molecule has 1 atom stereocenters. The SMILES string of the molecule is Cc1ccccc1C(c1ccccc1C)[N+]1=CN([C@H](CO)C(C)(C)C)CC1.F[P-](F)(F)(F)(F)F. The molecule has 3 nitrogen and oxygen atoms in total. The molecule has 0 saturated carbocycles. The van der Waals surface area contributed by atoms with Gasteiger partial charge >= 0.3 is 33.0 Å². The van der Waals surface area contributed by atoms with Gasteiger partial charge in [0.1, 0.15) is 25.2 Å². The van der Waals surface area contributed by atoms with Crippen LogP contribution in [0.4, 0.5) is 25.2 Å². The molecule has 0 saturated heterocycles. The van der Waals surface area contributed by atoms with E-state index in [4.69, 9.17) is 0 Å². The molecule has 10 heteroatoms. The number of hydrogen-bond donors (Lipinski definition) is 1. The quantitative estimate of drug-likeness (QED) is 0.256. The molecule has 0 spiro atoms. The van der Waals surface area contributed by atoms with Gasteiger partial charge < -0.3 is 5.11 Å². The summed E-state index contributed by atoms with van der Waals surface area (Å²) in [7, 11) is -10.7. The topological polar surface area (TPSA) is 26.5 Å². The van der Waals surface area contributed by atoms with E-state index in [-0.39, 0.29) is 24.1 Å². The van der Waals surface area contributed by atoms with E-state index < -0.39 is 7.81 Å². The van der Waals surface area contributed by atoms with Crippen molar-refractivity contribution >= 4 is 14.1 Å². The minimum absolute atomic E-state index is 0.0298. The van der Waals surface area contributed by atoms with Gasteiger partial charge in [-0.1, -0.05) is 69.3 Å². The maximum atomic E-state index is 9.99. The first-order valence-corrected chi connectivity index (χ1v) is 13.0. The summed E-state index contributed by atoms with van der Waals surface area (Å²) < 4.78 is 61.6. The zero-order chi connectivity index (χ0) is 26.0. The van der Waals surface area contributed by atoms with Gasteiger partial charge in [0.05, 0.1) is 6.61 Å². The summed E-state index contributed by atoms with van der Waals surface area (Å²) in [6, 6.07) is 17.7. The Labute approximate surface area is 197 Å². The van der Waals surface area contributed by atoms with E-state index in [2.05, 4.69) is 99.0 Å². The molecule has 3 rings (SSSR count). The first-order valence-electron chi connectivity index (χ1n) is 10.9. The molecular weight excluding hydrogens is 477 g/mol. The molecule has 1 aliphatic heterocycles. The summed E-state index contributed by atoms with van der Waals surface area (Å²) in [5.74, 6) is 0. The standard InChI is InChI=1S/C24H33N2O.F6P/c1-18-10-6-8-12-20(18)23(21-13-9-7-11-19(21)2)26-15-14-25(17-26)22(16-27)24(3,4)5;1-7(2,3,4,5)6/h6-13,17,22-23,27H,14-16H2,1-5H3;/q+1;-1/t22-;/m1./s1. The Morgan fingerprint density at radius 1 is 0.882 bits per heavy atom. The van der Waals surface area contributed by atoms with E-state index in [0.717, 1.165) is 13.1 Å². The average Bonchev–Trinajstić information content (AvgIpc) is 3.11. The van der Waals surface area contributed by atoms with Crippen molar-refractivity contribution in [2.45, 2.75) is 46.7 Å². The summed E-state index contributed by atoms with van der Waals surface area (Å²) in [5.41, 5.74) is 5.35. The normalized spacial score (nSPS) is 17.4. The zero-order valence-corrected chi connectivity index (χ0v) is 20.9. The Morgan fingerprint density at radius 3 is 1.65 bits per heavy atom. The third-order valence-electron chi connectivity index (χ3n) is 5.78. The Hall–Kier alpha value is -2.12. The van der Waals surface area contributed by atoms with Gasteiger partial charge in [-0.2, -0.15) is 0 Å². The van der Waals surface area contributed by atoms with Crippen molar-refractivity contribution in [2.24, 2.45) is 5.41 Å². The molecule has 0 bridgehead atoms. The number of nitrogens with zero attached hydrogens (tertiary/aromatic N) is 2. The number of rotatable bonds is 5. The third-order valence-corrected chi connectivity index (χ3v) is 5.78. The molecule has 1 N–H and O–H groups in total. The van der Waals surface area contributed by atoms with Crippen LogP contribution < -0.4 is 0 Å². The fourth-order valence-corrected chi connectivity index (χ4v) is 4.16. The van der Waals surface area contributed by atoms with Crippen LogP contribution in [0.15, 0.2) is 48.5 Å². The van der Waals surface area contributed by atoms with Crippen LogP contribution in [-0.2, 0) is 0 Å². The minimum atomic E-state index is -10.7. The van der Waals surface area contributed by atoms with Crippen molar-refractivity contribution in [3.8, 4) is 0 Å². The fraction of sp³-hybridized carbons (Fsp3) is 0.458. The molecule has 1 heterocycles. The second kappa shape index (κ2) is 9.15. The molecule has 0 unspecified atom stereocenters. The summed E-state index contributed by atoms with van der Waals surface area (Å²) in [5, 5.41) is 9.99. The van der Waals surface area contributed by atoms with Crippen molar-refractivity contribution in [1.29, 1.82) is 0 Å². The molecule has 0 fully saturated rings. The van der Waals surface area contributed by atoms with Gasteiger partial charge in [0, 0.05) is 16.5 Å². The molecule has 192 valence electrons. The number of hydrogen-bond acceptors (Lipinski definition) is 2. The van der Waals surface area contributed by atoms with Gasteiger partial charge in [-0.05, 0) is 25.0 Å². The van der Waals surface area contributed by atoms with E-state index in [1.54, 1.807) is 0 Å². The summed E-state index contributed by atoms with van der Waals surface area (Å²) in [4.78, 5) is 2.32. The number of aryl methyl sites for hydroxylation is 2. The van der Waals surface area contributed by atoms with Gasteiger partial charge in [-0.25, -0.2) is 0 Å². The second-order valence-corrected chi connectivity index (χ2v) is 11.6. The maximum absolute atomic E-state index is 10.7. The fourth-order valence-electron chi connectivity index (χ4n) is 4.16. The molecule has 34 heavy (non-hydrogen) atoms. The Bertz CT molecular complexity index is 975. The van der Waals surface area contributed by atoms with Gasteiger partial charge in [0.2, 0.25) is 6.34 Å². The predicted molar refractivity (Wildman–Crippen MR) is 126 cm³/mol. The number of aliphatic hydroxyl groups is 1. The van der Waals surface area contributed by atoms with Crippen LogP contribution in [0.1, 0.15) is 49.1 Å². The van der Waals surface area contributed by atoms with Crippen LogP contribution >= 0.6 is 7.81 Å². The van der Waals surface area contributed by atoms with Crippen molar-refractivity contribution in [2.75, 3.05) is 19.7 Å². The Kier molecular flexibility index (Phi) is 7.57. The van der Waals surface area contributed by atoms with Crippen molar-refractivity contribution in [1.82, 2.24) is 4.90 Å². The van der Waals surface area contributed by atoms with E-state index in [1.165, 1.54) is 22.3 Å². The Balaban J connectivity index is 0.000000509. The van der Waals surface area contributed by atoms with Crippen LogP contribution in [0, 0.1) is 19.3 Å². The average molecular weight is 511 g/mol. The molecule has 2 aromatic carbocycles. The van der Waals surface area contributed by atoms with Crippen LogP contribution in [0.2, 0.25) is 0 Å². The molecule has 2 aromatic rings. The molecule has 0 aromatic heterocycles. The first-order chi connectivity index (χ1) is 15.3. The monoisotopic (exact) mass is 510 g/mol. The van der Waals surface area contributed by atoms with Crippen LogP contribution in [0.3, 0.4) is 0 Å². The molecular formula is C24H33F6N2OP. The molecule has 0 amide bonds. The summed E-state index contributed by atoms with van der Waals surface area (Å²) in [6.07, 6.45) is 2.25. The number of benzene rings is 2. The van der Waals surface area contributed by atoms with Crippen LogP contribution in [-0.4, -0.2) is 46.7 Å². The van der Waals surface area contributed by atoms with Gasteiger partial charge in [-0.15, -0.1) is 0 Å². The van der Waals surface area contributed by atoms with Gasteiger partial charge in [-0.3, -0.25) is 9.48 Å². The van der Waals surface area contributed by atoms with E-state index in [0.29, 0.717) is 0 Å². The van der Waals surface area contributed by atoms with Crippen LogP contribution in [0.5, 0.6) is 0 Å². The molecule has 0 aliphatic carbocycles. The van der Waals surface area contributed by atoms with E-state index >= 15 is 0 Å². The van der Waals surface area contributed by atoms with E-state index in [1.807, 2.05) is 0 Å². The predicted octanol–water partition coefficient (Wildman–Crippen LogP) is 7.54. The molecule has 0 radical (unpaired) electrons. The summed E-state index contributed by atoms with van der Waals surface area (Å²) >= 11 is 0. The number of aliphatic hydroxyl groups excluding tert-OH is 1. The zero-order valence-electron chi connectivity index (χ0n) is 20.0. The van der Waals surface area contributed by atoms with Gasteiger partial charge in [0.15, 0.2) is 0 Å². The first kappa shape index (κ1) is 28.1. The van der Waals surface area contributed by atoms with Crippen molar-refractivity contribution in [3.63, 3.8) is 0 Å². The van der Waals surface area contributed by atoms with Crippen molar-refractivity contribution < 1.29 is 34.9 Å². The summed E-state index contributed by atoms with van der Waals surface area (Å²) in [6.45, 7) is 13.1. The molecule has 1 aliphatic rings.